The van der Waals surface area contributed by atoms with Gasteiger partial charge in [0.25, 0.3) is 0 Å². The Morgan fingerprint density at radius 3 is 2.50 bits per heavy atom. The van der Waals surface area contributed by atoms with Gasteiger partial charge in [-0.3, -0.25) is 10.1 Å². The molecule has 0 aliphatic heterocycles. The number of aromatic amines is 1. The highest BCUT2D eigenvalue weighted by molar-refractivity contribution is 5.63. The summed E-state index contributed by atoms with van der Waals surface area (Å²) in [5, 5.41) is 6.18. The number of aromatic nitrogens is 4. The van der Waals surface area contributed by atoms with Crippen LogP contribution in [0.25, 0.3) is 22.8 Å². The van der Waals surface area contributed by atoms with Crippen molar-refractivity contribution >= 4 is 0 Å². The predicted octanol–water partition coefficient (Wildman–Crippen LogP) is 3.69. The average molecular weight is 308 g/mol. The smallest absolute Gasteiger partial charge is 0.264 e. The minimum Gasteiger partial charge on any atom is -0.264 e. The van der Waals surface area contributed by atoms with E-state index in [-0.39, 0.29) is 22.8 Å². The zero-order chi connectivity index (χ0) is 15.7. The number of hydrogen-bond donors (Lipinski definition) is 1. The van der Waals surface area contributed by atoms with E-state index in [1.165, 1.54) is 18.2 Å². The standard InChI is InChI=1S/C14H8F4N4/c15-11-4-2-1-3-8(11)12-20-13(22-21-12)9-7-19-6-5-10(9)14(16,17)18/h1-7H,(H,20,21,22). The van der Waals surface area contributed by atoms with E-state index >= 15 is 0 Å². The zero-order valence-corrected chi connectivity index (χ0v) is 10.9. The Labute approximate surface area is 121 Å². The van der Waals surface area contributed by atoms with Crippen molar-refractivity contribution in [2.24, 2.45) is 0 Å². The molecule has 0 spiro atoms. The molecule has 0 atom stereocenters. The number of nitrogens with one attached hydrogen (secondary N) is 1. The van der Waals surface area contributed by atoms with E-state index in [2.05, 4.69) is 20.2 Å². The van der Waals surface area contributed by atoms with Crippen molar-refractivity contribution < 1.29 is 17.6 Å². The fourth-order valence-electron chi connectivity index (χ4n) is 1.98. The Morgan fingerprint density at radius 1 is 1.00 bits per heavy atom. The topological polar surface area (TPSA) is 54.5 Å². The monoisotopic (exact) mass is 308 g/mol. The SMILES string of the molecule is Fc1ccccc1-c1nc(-c2cnccc2C(F)(F)F)n[nH]1. The molecule has 0 bridgehead atoms. The van der Waals surface area contributed by atoms with E-state index < -0.39 is 17.6 Å². The maximum absolute atomic E-state index is 13.7. The molecule has 0 aliphatic rings. The Kier molecular flexibility index (Phi) is 3.36. The summed E-state index contributed by atoms with van der Waals surface area (Å²) in [6, 6.07) is 6.61. The van der Waals surface area contributed by atoms with Crippen LogP contribution in [-0.4, -0.2) is 20.2 Å². The lowest BCUT2D eigenvalue weighted by Crippen LogP contribution is -2.07. The predicted molar refractivity (Wildman–Crippen MR) is 70.0 cm³/mol. The maximum Gasteiger partial charge on any atom is 0.417 e. The van der Waals surface area contributed by atoms with Crippen LogP contribution in [0.5, 0.6) is 0 Å². The fraction of sp³-hybridized carbons (Fsp3) is 0.0714. The lowest BCUT2D eigenvalue weighted by molar-refractivity contribution is -0.137. The van der Waals surface area contributed by atoms with Crippen LogP contribution in [0.4, 0.5) is 17.6 Å². The molecule has 2 heterocycles. The Bertz CT molecular complexity index is 810. The summed E-state index contributed by atoms with van der Waals surface area (Å²) in [6.45, 7) is 0. The van der Waals surface area contributed by atoms with Crippen LogP contribution in [0.1, 0.15) is 5.56 Å². The lowest BCUT2D eigenvalue weighted by atomic mass is 10.1. The number of hydrogen-bond acceptors (Lipinski definition) is 3. The number of pyridine rings is 1. The summed E-state index contributed by atoms with van der Waals surface area (Å²) in [7, 11) is 0. The molecule has 0 aliphatic carbocycles. The number of alkyl halides is 3. The minimum absolute atomic E-state index is 0.0464. The normalized spacial score (nSPS) is 11.6. The van der Waals surface area contributed by atoms with Gasteiger partial charge >= 0.3 is 6.18 Å². The van der Waals surface area contributed by atoms with Crippen LogP contribution in [-0.2, 0) is 6.18 Å². The molecule has 8 heteroatoms. The number of nitrogens with zero attached hydrogens (tertiary/aromatic N) is 3. The molecule has 22 heavy (non-hydrogen) atoms. The molecule has 0 saturated heterocycles. The largest absolute Gasteiger partial charge is 0.417 e. The molecule has 112 valence electrons. The third-order valence-electron chi connectivity index (χ3n) is 2.98. The fourth-order valence-corrected chi connectivity index (χ4v) is 1.98. The van der Waals surface area contributed by atoms with Crippen molar-refractivity contribution in [3.05, 3.63) is 54.1 Å². The second-order valence-corrected chi connectivity index (χ2v) is 4.41. The van der Waals surface area contributed by atoms with Gasteiger partial charge in [-0.25, -0.2) is 9.37 Å². The highest BCUT2D eigenvalue weighted by Gasteiger charge is 2.34. The molecule has 3 rings (SSSR count). The first-order valence-corrected chi connectivity index (χ1v) is 6.15. The van der Waals surface area contributed by atoms with Gasteiger partial charge in [0.15, 0.2) is 11.6 Å². The lowest BCUT2D eigenvalue weighted by Gasteiger charge is -2.09. The van der Waals surface area contributed by atoms with Crippen LogP contribution in [0.15, 0.2) is 42.7 Å². The number of H-pyrrole nitrogens is 1. The number of benzene rings is 1. The molecule has 0 amide bonds. The molecule has 2 aromatic heterocycles. The Hall–Kier alpha value is -2.77. The van der Waals surface area contributed by atoms with Crippen molar-refractivity contribution in [2.75, 3.05) is 0 Å². The van der Waals surface area contributed by atoms with Gasteiger partial charge in [0, 0.05) is 12.4 Å². The van der Waals surface area contributed by atoms with Gasteiger partial charge in [0.05, 0.1) is 16.7 Å². The molecule has 1 N–H and O–H groups in total. The second kappa shape index (κ2) is 5.21. The molecule has 1 aromatic carbocycles. The quantitative estimate of drug-likeness (QED) is 0.735. The zero-order valence-electron chi connectivity index (χ0n) is 10.9. The van der Waals surface area contributed by atoms with Gasteiger partial charge in [-0.05, 0) is 18.2 Å². The maximum atomic E-state index is 13.7. The first-order chi connectivity index (χ1) is 10.5. The summed E-state index contributed by atoms with van der Waals surface area (Å²) >= 11 is 0. The minimum atomic E-state index is -4.56. The van der Waals surface area contributed by atoms with Gasteiger partial charge in [-0.2, -0.15) is 18.3 Å². The van der Waals surface area contributed by atoms with Crippen molar-refractivity contribution in [3.63, 3.8) is 0 Å². The molecular weight excluding hydrogens is 300 g/mol. The summed E-state index contributed by atoms with van der Waals surface area (Å²) in [6.07, 6.45) is -2.50. The van der Waals surface area contributed by atoms with Gasteiger partial charge in [0.1, 0.15) is 5.82 Å². The third-order valence-corrected chi connectivity index (χ3v) is 2.98. The molecule has 0 unspecified atom stereocenters. The van der Waals surface area contributed by atoms with E-state index in [1.807, 2.05) is 0 Å². The summed E-state index contributed by atoms with van der Waals surface area (Å²) in [5.41, 5.74) is -1.05. The summed E-state index contributed by atoms with van der Waals surface area (Å²) in [4.78, 5) is 7.61. The number of halogens is 4. The average Bonchev–Trinajstić information content (AvgIpc) is 2.96. The first-order valence-electron chi connectivity index (χ1n) is 6.15. The van der Waals surface area contributed by atoms with Crippen LogP contribution in [0, 0.1) is 5.82 Å². The first kappa shape index (κ1) is 14.2. The van der Waals surface area contributed by atoms with Crippen LogP contribution < -0.4 is 0 Å². The third kappa shape index (κ3) is 2.54. The van der Waals surface area contributed by atoms with Crippen LogP contribution in [0.2, 0.25) is 0 Å². The van der Waals surface area contributed by atoms with Gasteiger partial charge in [-0.1, -0.05) is 12.1 Å². The summed E-state index contributed by atoms with van der Waals surface area (Å²) < 4.78 is 52.6. The van der Waals surface area contributed by atoms with Gasteiger partial charge < -0.3 is 0 Å². The van der Waals surface area contributed by atoms with Crippen LogP contribution in [0.3, 0.4) is 0 Å². The molecule has 0 saturated carbocycles. The van der Waals surface area contributed by atoms with Crippen molar-refractivity contribution in [3.8, 4) is 22.8 Å². The number of rotatable bonds is 2. The van der Waals surface area contributed by atoms with Gasteiger partial charge in [0.2, 0.25) is 0 Å². The second-order valence-electron chi connectivity index (χ2n) is 4.41. The van der Waals surface area contributed by atoms with Crippen LogP contribution >= 0.6 is 0 Å². The Morgan fingerprint density at radius 2 is 1.77 bits per heavy atom. The van der Waals surface area contributed by atoms with E-state index in [0.717, 1.165) is 18.5 Å². The summed E-state index contributed by atoms with van der Waals surface area (Å²) in [5.74, 6) is -0.698. The van der Waals surface area contributed by atoms with E-state index in [0.29, 0.717) is 0 Å². The van der Waals surface area contributed by atoms with Crippen molar-refractivity contribution in [1.82, 2.24) is 20.2 Å². The molecule has 4 nitrogen and oxygen atoms in total. The highest BCUT2D eigenvalue weighted by Crippen LogP contribution is 2.35. The van der Waals surface area contributed by atoms with Gasteiger partial charge in [-0.15, -0.1) is 0 Å². The molecule has 0 fully saturated rings. The molecule has 0 radical (unpaired) electrons. The Balaban J connectivity index is 2.08. The van der Waals surface area contributed by atoms with E-state index in [9.17, 15) is 17.6 Å². The van der Waals surface area contributed by atoms with Crippen molar-refractivity contribution in [2.45, 2.75) is 6.18 Å². The van der Waals surface area contributed by atoms with E-state index in [1.54, 1.807) is 6.07 Å². The molecule has 3 aromatic rings. The van der Waals surface area contributed by atoms with Crippen molar-refractivity contribution in [1.29, 1.82) is 0 Å². The molecular formula is C14H8F4N4. The van der Waals surface area contributed by atoms with E-state index in [4.69, 9.17) is 0 Å². The highest BCUT2D eigenvalue weighted by atomic mass is 19.4.